The van der Waals surface area contributed by atoms with Gasteiger partial charge in [-0.25, -0.2) is 0 Å². The van der Waals surface area contributed by atoms with E-state index in [9.17, 15) is 4.79 Å². The van der Waals surface area contributed by atoms with Crippen LogP contribution in [0.2, 0.25) is 0 Å². The van der Waals surface area contributed by atoms with Crippen LogP contribution in [0.5, 0.6) is 0 Å². The lowest BCUT2D eigenvalue weighted by Gasteiger charge is -2.38. The predicted molar refractivity (Wildman–Crippen MR) is 113 cm³/mol. The first-order valence-electron chi connectivity index (χ1n) is 9.46. The van der Waals surface area contributed by atoms with Crippen LogP contribution in [0.1, 0.15) is 22.8 Å². The fourth-order valence-corrected chi connectivity index (χ4v) is 4.53. The quantitative estimate of drug-likeness (QED) is 0.675. The molecule has 140 valence electrons. The Hall–Kier alpha value is -2.11. The second-order valence-electron chi connectivity index (χ2n) is 7.23. The molecule has 1 unspecified atom stereocenters. The van der Waals surface area contributed by atoms with Gasteiger partial charge in [0.15, 0.2) is 0 Å². The van der Waals surface area contributed by atoms with Gasteiger partial charge in [-0.2, -0.15) is 0 Å². The van der Waals surface area contributed by atoms with Gasteiger partial charge in [0.2, 0.25) is 0 Å². The van der Waals surface area contributed by atoms with Crippen LogP contribution in [0.15, 0.2) is 59.2 Å². The third kappa shape index (κ3) is 3.80. The van der Waals surface area contributed by atoms with Gasteiger partial charge in [0, 0.05) is 53.8 Å². The molecule has 0 spiro atoms. The van der Waals surface area contributed by atoms with Crippen molar-refractivity contribution in [2.45, 2.75) is 19.4 Å². The number of carbonyl (C=O) groups is 1. The van der Waals surface area contributed by atoms with E-state index in [4.69, 9.17) is 0 Å². The summed E-state index contributed by atoms with van der Waals surface area (Å²) in [6, 6.07) is 17.0. The topological polar surface area (TPSA) is 39.3 Å². The minimum atomic E-state index is 0.111. The summed E-state index contributed by atoms with van der Waals surface area (Å²) < 4.78 is 0.881. The summed E-state index contributed by atoms with van der Waals surface area (Å²) in [4.78, 5) is 20.7. The molecule has 5 heteroatoms. The molecule has 1 saturated heterocycles. The molecule has 1 amide bonds. The Labute approximate surface area is 168 Å². The summed E-state index contributed by atoms with van der Waals surface area (Å²) in [6.07, 6.45) is 2.95. The van der Waals surface area contributed by atoms with Gasteiger partial charge >= 0.3 is 0 Å². The van der Waals surface area contributed by atoms with Gasteiger partial charge in [0.25, 0.3) is 5.91 Å². The molecule has 1 atom stereocenters. The normalized spacial score (nSPS) is 16.6. The maximum absolute atomic E-state index is 13.0. The maximum atomic E-state index is 13.0. The Bertz CT molecular complexity index is 929. The molecular formula is C22H24BrN3O. The van der Waals surface area contributed by atoms with Crippen molar-refractivity contribution in [1.29, 1.82) is 0 Å². The Balaban J connectivity index is 1.39. The molecule has 0 bridgehead atoms. The molecule has 2 aromatic carbocycles. The highest BCUT2D eigenvalue weighted by atomic mass is 79.9. The first-order chi connectivity index (χ1) is 13.1. The van der Waals surface area contributed by atoms with Gasteiger partial charge in [-0.3, -0.25) is 9.69 Å². The van der Waals surface area contributed by atoms with Gasteiger partial charge < -0.3 is 9.88 Å². The molecule has 4 nitrogen and oxygen atoms in total. The molecule has 1 fully saturated rings. The van der Waals surface area contributed by atoms with Crippen LogP contribution in [0, 0.1) is 0 Å². The number of halogens is 1. The number of H-pyrrole nitrogens is 1. The number of aromatic nitrogens is 1. The first kappa shape index (κ1) is 18.3. The number of hydrogen-bond donors (Lipinski definition) is 1. The zero-order valence-electron chi connectivity index (χ0n) is 15.5. The molecule has 4 rings (SSSR count). The van der Waals surface area contributed by atoms with Crippen LogP contribution in [-0.2, 0) is 6.42 Å². The summed E-state index contributed by atoms with van der Waals surface area (Å²) in [5.41, 5.74) is 3.15. The molecule has 1 aliphatic heterocycles. The number of hydrogen-bond acceptors (Lipinski definition) is 2. The van der Waals surface area contributed by atoms with E-state index >= 15 is 0 Å². The van der Waals surface area contributed by atoms with Gasteiger partial charge in [-0.1, -0.05) is 30.3 Å². The van der Waals surface area contributed by atoms with E-state index in [1.807, 2.05) is 29.3 Å². The van der Waals surface area contributed by atoms with Crippen molar-refractivity contribution >= 4 is 32.7 Å². The van der Waals surface area contributed by atoms with Crippen molar-refractivity contribution in [3.05, 3.63) is 70.3 Å². The van der Waals surface area contributed by atoms with E-state index in [1.54, 1.807) is 0 Å². The average Bonchev–Trinajstić information content (AvgIpc) is 3.18. The molecule has 1 N–H and O–H groups in total. The second kappa shape index (κ2) is 7.87. The lowest BCUT2D eigenvalue weighted by Crippen LogP contribution is -2.51. The molecule has 1 aliphatic rings. The van der Waals surface area contributed by atoms with Gasteiger partial charge in [-0.05, 0) is 53.0 Å². The lowest BCUT2D eigenvalue weighted by molar-refractivity contribution is 0.0582. The third-order valence-corrected chi connectivity index (χ3v) is 6.35. The monoisotopic (exact) mass is 425 g/mol. The van der Waals surface area contributed by atoms with E-state index in [0.29, 0.717) is 6.04 Å². The van der Waals surface area contributed by atoms with Crippen LogP contribution in [-0.4, -0.2) is 52.9 Å². The van der Waals surface area contributed by atoms with E-state index in [-0.39, 0.29) is 5.91 Å². The Kier molecular flexibility index (Phi) is 5.32. The van der Waals surface area contributed by atoms with Crippen molar-refractivity contribution in [3.63, 3.8) is 0 Å². The predicted octanol–water partition coefficient (Wildman–Crippen LogP) is 4.32. The van der Waals surface area contributed by atoms with E-state index in [2.05, 4.69) is 63.1 Å². The molecule has 27 heavy (non-hydrogen) atoms. The summed E-state index contributed by atoms with van der Waals surface area (Å²) in [5.74, 6) is 0.111. The minimum Gasteiger partial charge on any atom is -0.361 e. The summed E-state index contributed by atoms with van der Waals surface area (Å²) in [7, 11) is 0. The van der Waals surface area contributed by atoms with Crippen LogP contribution < -0.4 is 0 Å². The number of piperazine rings is 1. The molecule has 2 heterocycles. The molecule has 1 aromatic heterocycles. The number of fused-ring (bicyclic) bond motifs is 1. The molecule has 0 radical (unpaired) electrons. The highest BCUT2D eigenvalue weighted by Gasteiger charge is 2.26. The zero-order chi connectivity index (χ0) is 18.8. The molecule has 3 aromatic rings. The van der Waals surface area contributed by atoms with Crippen molar-refractivity contribution in [2.75, 3.05) is 26.2 Å². The Morgan fingerprint density at radius 1 is 1.07 bits per heavy atom. The summed E-state index contributed by atoms with van der Waals surface area (Å²) >= 11 is 3.62. The minimum absolute atomic E-state index is 0.111. The van der Waals surface area contributed by atoms with Crippen LogP contribution in [0.4, 0.5) is 0 Å². The lowest BCUT2D eigenvalue weighted by atomic mass is 10.0. The molecule has 0 saturated carbocycles. The highest BCUT2D eigenvalue weighted by molar-refractivity contribution is 9.10. The number of amides is 1. The van der Waals surface area contributed by atoms with E-state index < -0.39 is 0 Å². The Morgan fingerprint density at radius 2 is 1.81 bits per heavy atom. The summed E-state index contributed by atoms with van der Waals surface area (Å²) in [6.45, 7) is 5.67. The number of benzene rings is 2. The fourth-order valence-electron chi connectivity index (χ4n) is 3.88. The van der Waals surface area contributed by atoms with Gasteiger partial charge in [0.1, 0.15) is 0 Å². The van der Waals surface area contributed by atoms with Crippen LogP contribution >= 0.6 is 15.9 Å². The largest absolute Gasteiger partial charge is 0.361 e. The van der Waals surface area contributed by atoms with E-state index in [0.717, 1.165) is 53.5 Å². The Morgan fingerprint density at radius 3 is 2.56 bits per heavy atom. The zero-order valence-corrected chi connectivity index (χ0v) is 17.1. The number of rotatable bonds is 4. The van der Waals surface area contributed by atoms with Crippen molar-refractivity contribution in [1.82, 2.24) is 14.8 Å². The number of aromatic amines is 1. The molecule has 0 aliphatic carbocycles. The summed E-state index contributed by atoms with van der Waals surface area (Å²) in [5, 5.41) is 1.05. The smallest absolute Gasteiger partial charge is 0.255 e. The average molecular weight is 426 g/mol. The van der Waals surface area contributed by atoms with Crippen molar-refractivity contribution in [3.8, 4) is 0 Å². The van der Waals surface area contributed by atoms with Crippen LogP contribution in [0.3, 0.4) is 0 Å². The fraction of sp³-hybridized carbons (Fsp3) is 0.318. The third-order valence-electron chi connectivity index (χ3n) is 5.50. The van der Waals surface area contributed by atoms with Gasteiger partial charge in [-0.15, -0.1) is 0 Å². The molecular weight excluding hydrogens is 402 g/mol. The maximum Gasteiger partial charge on any atom is 0.255 e. The van der Waals surface area contributed by atoms with Crippen molar-refractivity contribution in [2.24, 2.45) is 0 Å². The standard InChI is InChI=1S/C22H24BrN3O/c1-16(15-17-5-3-2-4-6-17)25-11-13-26(14-12-25)22(27)19-7-8-20-18(21(19)23)9-10-24-20/h2-10,16,24H,11-15H2,1H3. The highest BCUT2D eigenvalue weighted by Crippen LogP contribution is 2.28. The number of nitrogens with zero attached hydrogens (tertiary/aromatic N) is 2. The SMILES string of the molecule is CC(Cc1ccccc1)N1CCN(C(=O)c2ccc3[nH]ccc3c2Br)CC1. The second-order valence-corrected chi connectivity index (χ2v) is 8.03. The number of carbonyl (C=O) groups excluding carboxylic acids is 1. The first-order valence-corrected chi connectivity index (χ1v) is 10.3. The van der Waals surface area contributed by atoms with Crippen LogP contribution in [0.25, 0.3) is 10.9 Å². The number of nitrogens with one attached hydrogen (secondary N) is 1. The van der Waals surface area contributed by atoms with E-state index in [1.165, 1.54) is 5.56 Å². The van der Waals surface area contributed by atoms with Gasteiger partial charge in [0.05, 0.1) is 5.56 Å². The van der Waals surface area contributed by atoms with Crippen molar-refractivity contribution < 1.29 is 4.79 Å².